The van der Waals surface area contributed by atoms with E-state index in [1.807, 2.05) is 0 Å². The molecular weight excluding hydrogens is 235 g/mol. The molecule has 1 aromatic carbocycles. The lowest BCUT2D eigenvalue weighted by Gasteiger charge is -2.27. The Kier molecular flexibility index (Phi) is 4.50. The maximum Gasteiger partial charge on any atom is 0.411 e. The molecule has 0 aliphatic carbocycles. The minimum absolute atomic E-state index is 0.396. The molecule has 1 unspecified atom stereocenters. The quantitative estimate of drug-likeness (QED) is 0.829. The molecule has 0 spiro atoms. The van der Waals surface area contributed by atoms with Crippen LogP contribution in [0.15, 0.2) is 30.3 Å². The van der Waals surface area contributed by atoms with Gasteiger partial charge >= 0.3 is 6.18 Å². The van der Waals surface area contributed by atoms with Crippen LogP contribution in [0.4, 0.5) is 13.2 Å². The summed E-state index contributed by atoms with van der Waals surface area (Å²) in [4.78, 5) is 0. The second kappa shape index (κ2) is 5.48. The number of rotatable bonds is 5. The number of hydrogen-bond donors (Lipinski definition) is 2. The molecule has 0 saturated carbocycles. The highest BCUT2D eigenvalue weighted by Gasteiger charge is 2.31. The van der Waals surface area contributed by atoms with Crippen LogP contribution in [0, 0.1) is 0 Å². The molecule has 17 heavy (non-hydrogen) atoms. The zero-order chi connectivity index (χ0) is 12.9. The molecule has 0 aliphatic rings. The van der Waals surface area contributed by atoms with Gasteiger partial charge in [0.1, 0.15) is 6.61 Å². The van der Waals surface area contributed by atoms with E-state index in [9.17, 15) is 18.3 Å². The Hall–Kier alpha value is -1.11. The zero-order valence-corrected chi connectivity index (χ0v) is 9.07. The van der Waals surface area contributed by atoms with Crippen LogP contribution in [-0.4, -0.2) is 31.1 Å². The molecule has 1 aromatic rings. The van der Waals surface area contributed by atoms with E-state index < -0.39 is 31.5 Å². The fourth-order valence-electron chi connectivity index (χ4n) is 1.34. The van der Waals surface area contributed by atoms with E-state index in [1.165, 1.54) is 0 Å². The third-order valence-electron chi connectivity index (χ3n) is 2.26. The fraction of sp³-hybridized carbons (Fsp3) is 0.455. The Bertz CT molecular complexity index is 342. The molecule has 6 heteroatoms. The van der Waals surface area contributed by atoms with Gasteiger partial charge in [-0.25, -0.2) is 0 Å². The van der Waals surface area contributed by atoms with E-state index in [0.29, 0.717) is 5.56 Å². The van der Waals surface area contributed by atoms with Crippen molar-refractivity contribution >= 4 is 0 Å². The Labute approximate surface area is 97.0 Å². The maximum absolute atomic E-state index is 11.9. The minimum Gasteiger partial charge on any atom is -0.394 e. The van der Waals surface area contributed by atoms with E-state index in [-0.39, 0.29) is 0 Å². The van der Waals surface area contributed by atoms with Crippen molar-refractivity contribution in [1.82, 2.24) is 0 Å². The molecule has 0 bridgehead atoms. The largest absolute Gasteiger partial charge is 0.411 e. The molecule has 0 fully saturated rings. The second-order valence-corrected chi connectivity index (χ2v) is 3.79. The summed E-state index contributed by atoms with van der Waals surface area (Å²) in [6.45, 7) is -2.26. The van der Waals surface area contributed by atoms with Gasteiger partial charge in [-0.15, -0.1) is 0 Å². The number of ether oxygens (including phenoxy) is 1. The van der Waals surface area contributed by atoms with E-state index in [2.05, 4.69) is 4.74 Å². The molecule has 0 saturated heterocycles. The first-order valence-corrected chi connectivity index (χ1v) is 4.97. The van der Waals surface area contributed by atoms with E-state index >= 15 is 0 Å². The van der Waals surface area contributed by atoms with Crippen LogP contribution >= 0.6 is 0 Å². The predicted octanol–water partition coefficient (Wildman–Crippen LogP) is 1.41. The van der Waals surface area contributed by atoms with Crippen molar-refractivity contribution in [3.05, 3.63) is 35.9 Å². The predicted molar refractivity (Wildman–Crippen MR) is 56.3 cm³/mol. The van der Waals surface area contributed by atoms with Gasteiger partial charge < -0.3 is 15.6 Å². The minimum atomic E-state index is -4.40. The number of aliphatic hydroxyl groups excluding tert-OH is 1. The van der Waals surface area contributed by atoms with Crippen LogP contribution in [0.5, 0.6) is 0 Å². The molecular formula is C11H14F3NO2. The molecule has 3 nitrogen and oxygen atoms in total. The highest BCUT2D eigenvalue weighted by atomic mass is 19.4. The van der Waals surface area contributed by atoms with Crippen LogP contribution < -0.4 is 5.73 Å². The Morgan fingerprint density at radius 2 is 1.71 bits per heavy atom. The topological polar surface area (TPSA) is 55.5 Å². The number of alkyl halides is 3. The molecule has 0 aromatic heterocycles. The lowest BCUT2D eigenvalue weighted by molar-refractivity contribution is -0.178. The van der Waals surface area contributed by atoms with Gasteiger partial charge in [0, 0.05) is 0 Å². The molecule has 0 amide bonds. The molecule has 0 aliphatic heterocycles. The summed E-state index contributed by atoms with van der Waals surface area (Å²) in [5, 5.41) is 9.18. The van der Waals surface area contributed by atoms with Crippen LogP contribution in [0.25, 0.3) is 0 Å². The monoisotopic (exact) mass is 249 g/mol. The first-order valence-electron chi connectivity index (χ1n) is 4.97. The third-order valence-corrected chi connectivity index (χ3v) is 2.26. The number of nitrogens with two attached hydrogens (primary N) is 1. The Balaban J connectivity index is 2.64. The van der Waals surface area contributed by atoms with Crippen molar-refractivity contribution < 1.29 is 23.0 Å². The number of benzene rings is 1. The number of halogens is 3. The SMILES string of the molecule is NC(CO)(COCC(F)(F)F)c1ccccc1. The summed E-state index contributed by atoms with van der Waals surface area (Å²) in [6.07, 6.45) is -4.40. The summed E-state index contributed by atoms with van der Waals surface area (Å²) >= 11 is 0. The van der Waals surface area contributed by atoms with E-state index in [4.69, 9.17) is 5.73 Å². The maximum atomic E-state index is 11.9. The Morgan fingerprint density at radius 3 is 2.18 bits per heavy atom. The lowest BCUT2D eigenvalue weighted by Crippen LogP contribution is -2.45. The van der Waals surface area contributed by atoms with Crippen molar-refractivity contribution in [2.45, 2.75) is 11.7 Å². The molecule has 0 heterocycles. The van der Waals surface area contributed by atoms with Crippen LogP contribution in [-0.2, 0) is 10.3 Å². The summed E-state index contributed by atoms with van der Waals surface area (Å²) < 4.78 is 40.2. The summed E-state index contributed by atoms with van der Waals surface area (Å²) in [6, 6.07) is 8.39. The van der Waals surface area contributed by atoms with Gasteiger partial charge in [-0.2, -0.15) is 13.2 Å². The smallest absolute Gasteiger partial charge is 0.394 e. The second-order valence-electron chi connectivity index (χ2n) is 3.79. The van der Waals surface area contributed by atoms with Crippen molar-refractivity contribution in [1.29, 1.82) is 0 Å². The van der Waals surface area contributed by atoms with Gasteiger partial charge in [-0.3, -0.25) is 0 Å². The molecule has 96 valence electrons. The third kappa shape index (κ3) is 4.33. The molecule has 1 rings (SSSR count). The van der Waals surface area contributed by atoms with Crippen molar-refractivity contribution in [3.8, 4) is 0 Å². The first-order chi connectivity index (χ1) is 7.87. The lowest BCUT2D eigenvalue weighted by atomic mass is 9.93. The van der Waals surface area contributed by atoms with Gasteiger partial charge in [0.2, 0.25) is 0 Å². The molecule has 0 radical (unpaired) electrons. The normalized spacial score (nSPS) is 15.6. The summed E-state index contributed by atoms with van der Waals surface area (Å²) in [5.41, 5.74) is 5.02. The highest BCUT2D eigenvalue weighted by molar-refractivity contribution is 5.24. The average Bonchev–Trinajstić information content (AvgIpc) is 2.28. The van der Waals surface area contributed by atoms with Gasteiger partial charge in [-0.1, -0.05) is 30.3 Å². The standard InChI is InChI=1S/C11H14F3NO2/c12-11(13,14)8-17-7-10(15,6-16)9-4-2-1-3-5-9/h1-5,16H,6-8,15H2. The van der Waals surface area contributed by atoms with Gasteiger partial charge in [-0.05, 0) is 5.56 Å². The molecule has 1 atom stereocenters. The van der Waals surface area contributed by atoms with E-state index in [1.54, 1.807) is 30.3 Å². The van der Waals surface area contributed by atoms with Crippen LogP contribution in [0.3, 0.4) is 0 Å². The van der Waals surface area contributed by atoms with Gasteiger partial charge in [0.25, 0.3) is 0 Å². The van der Waals surface area contributed by atoms with Crippen molar-refractivity contribution in [2.24, 2.45) is 5.73 Å². The average molecular weight is 249 g/mol. The van der Waals surface area contributed by atoms with Crippen molar-refractivity contribution in [3.63, 3.8) is 0 Å². The number of hydrogen-bond acceptors (Lipinski definition) is 3. The van der Waals surface area contributed by atoms with Gasteiger partial charge in [0.15, 0.2) is 0 Å². The highest BCUT2D eigenvalue weighted by Crippen LogP contribution is 2.20. The Morgan fingerprint density at radius 1 is 1.12 bits per heavy atom. The van der Waals surface area contributed by atoms with Gasteiger partial charge in [0.05, 0.1) is 18.8 Å². The van der Waals surface area contributed by atoms with Crippen LogP contribution in [0.1, 0.15) is 5.56 Å². The summed E-state index contributed by atoms with van der Waals surface area (Å²) in [5.74, 6) is 0. The zero-order valence-electron chi connectivity index (χ0n) is 9.07. The molecule has 3 N–H and O–H groups in total. The van der Waals surface area contributed by atoms with Crippen LogP contribution in [0.2, 0.25) is 0 Å². The fourth-order valence-corrected chi connectivity index (χ4v) is 1.34. The van der Waals surface area contributed by atoms with E-state index in [0.717, 1.165) is 0 Å². The van der Waals surface area contributed by atoms with Crippen molar-refractivity contribution in [2.75, 3.05) is 19.8 Å². The number of aliphatic hydroxyl groups is 1. The summed E-state index contributed by atoms with van der Waals surface area (Å²) in [7, 11) is 0. The first kappa shape index (κ1) is 14.0.